The zero-order valence-electron chi connectivity index (χ0n) is 9.58. The van der Waals surface area contributed by atoms with Crippen LogP contribution in [0.1, 0.15) is 15.9 Å². The van der Waals surface area contributed by atoms with Crippen LogP contribution in [0.15, 0.2) is 41.0 Å². The Morgan fingerprint density at radius 3 is 2.72 bits per heavy atom. The average molecular weight is 417 g/mol. The summed E-state index contributed by atoms with van der Waals surface area (Å²) in [7, 11) is 0. The van der Waals surface area contributed by atoms with Gasteiger partial charge in [0, 0.05) is 19.8 Å². The highest BCUT2D eigenvalue weighted by Crippen LogP contribution is 2.17. The van der Waals surface area contributed by atoms with Crippen molar-refractivity contribution in [1.82, 2.24) is 4.98 Å². The number of aryl methyl sites for hydroxylation is 1. The number of anilines is 1. The molecule has 0 spiro atoms. The topological polar surface area (TPSA) is 42.0 Å². The number of aromatic nitrogens is 1. The van der Waals surface area contributed by atoms with Crippen LogP contribution in [0.5, 0.6) is 0 Å². The minimum Gasteiger partial charge on any atom is -0.307 e. The maximum atomic E-state index is 12.1. The van der Waals surface area contributed by atoms with Crippen LogP contribution < -0.4 is 5.32 Å². The van der Waals surface area contributed by atoms with E-state index in [1.807, 2.05) is 25.1 Å². The number of nitrogens with zero attached hydrogens (tertiary/aromatic N) is 1. The fourth-order valence-electron chi connectivity index (χ4n) is 1.52. The van der Waals surface area contributed by atoms with Gasteiger partial charge in [0.25, 0.3) is 5.91 Å². The standard InChI is InChI=1S/C13H10BrIN2O/c1-8-6-9(14)2-4-11(8)13(18)17-12-5-3-10(15)7-16-12/h2-7H,1H3,(H,16,17,18). The monoisotopic (exact) mass is 416 g/mol. The Morgan fingerprint density at radius 2 is 2.11 bits per heavy atom. The van der Waals surface area contributed by atoms with Crippen molar-refractivity contribution in [3.05, 3.63) is 55.7 Å². The second kappa shape index (κ2) is 5.79. The molecule has 0 fully saturated rings. The lowest BCUT2D eigenvalue weighted by Crippen LogP contribution is -2.14. The highest BCUT2D eigenvalue weighted by molar-refractivity contribution is 14.1. The van der Waals surface area contributed by atoms with Crippen molar-refractivity contribution < 1.29 is 4.79 Å². The first-order valence-electron chi connectivity index (χ1n) is 5.25. The molecule has 2 aromatic rings. The van der Waals surface area contributed by atoms with Crippen molar-refractivity contribution in [2.75, 3.05) is 5.32 Å². The van der Waals surface area contributed by atoms with E-state index in [0.29, 0.717) is 11.4 Å². The van der Waals surface area contributed by atoms with Crippen molar-refractivity contribution in [2.24, 2.45) is 0 Å². The minimum absolute atomic E-state index is 0.145. The molecule has 1 N–H and O–H groups in total. The smallest absolute Gasteiger partial charge is 0.257 e. The third-order valence-corrected chi connectivity index (χ3v) is 3.53. The van der Waals surface area contributed by atoms with E-state index in [9.17, 15) is 4.79 Å². The first-order chi connectivity index (χ1) is 8.56. The third-order valence-electron chi connectivity index (χ3n) is 2.40. The van der Waals surface area contributed by atoms with E-state index in [1.54, 1.807) is 18.3 Å². The third kappa shape index (κ3) is 3.29. The molecule has 0 saturated heterocycles. The number of hydrogen-bond acceptors (Lipinski definition) is 2. The number of halogens is 2. The molecule has 1 aromatic carbocycles. The summed E-state index contributed by atoms with van der Waals surface area (Å²) in [5.74, 6) is 0.413. The van der Waals surface area contributed by atoms with Gasteiger partial charge in [0.1, 0.15) is 5.82 Å². The van der Waals surface area contributed by atoms with Gasteiger partial charge in [-0.3, -0.25) is 4.79 Å². The SMILES string of the molecule is Cc1cc(Br)ccc1C(=O)Nc1ccc(I)cn1. The molecule has 0 aliphatic carbocycles. The predicted octanol–water partition coefficient (Wildman–Crippen LogP) is 4.01. The highest BCUT2D eigenvalue weighted by atomic mass is 127. The molecule has 0 saturated carbocycles. The number of carbonyl (C=O) groups excluding carboxylic acids is 1. The van der Waals surface area contributed by atoms with Gasteiger partial charge >= 0.3 is 0 Å². The number of hydrogen-bond donors (Lipinski definition) is 1. The van der Waals surface area contributed by atoms with Gasteiger partial charge < -0.3 is 5.32 Å². The summed E-state index contributed by atoms with van der Waals surface area (Å²) in [5.41, 5.74) is 1.57. The first kappa shape index (κ1) is 13.5. The first-order valence-corrected chi connectivity index (χ1v) is 7.12. The number of amides is 1. The van der Waals surface area contributed by atoms with E-state index in [2.05, 4.69) is 48.8 Å². The molecule has 92 valence electrons. The van der Waals surface area contributed by atoms with Gasteiger partial charge in [-0.15, -0.1) is 0 Å². The number of carbonyl (C=O) groups is 1. The van der Waals surface area contributed by atoms with Crippen LogP contribution >= 0.6 is 38.5 Å². The Bertz CT molecular complexity index is 584. The zero-order chi connectivity index (χ0) is 13.1. The molecule has 1 amide bonds. The summed E-state index contributed by atoms with van der Waals surface area (Å²) < 4.78 is 1.99. The number of nitrogens with one attached hydrogen (secondary N) is 1. The molecule has 0 atom stereocenters. The lowest BCUT2D eigenvalue weighted by Gasteiger charge is -2.07. The average Bonchev–Trinajstić information content (AvgIpc) is 2.32. The normalized spacial score (nSPS) is 10.2. The molecule has 0 aliphatic heterocycles. The van der Waals surface area contributed by atoms with Crippen LogP contribution in [-0.2, 0) is 0 Å². The van der Waals surface area contributed by atoms with Crippen LogP contribution in [0.3, 0.4) is 0 Å². The van der Waals surface area contributed by atoms with Gasteiger partial charge in [-0.05, 0) is 65.4 Å². The number of benzene rings is 1. The highest BCUT2D eigenvalue weighted by Gasteiger charge is 2.09. The summed E-state index contributed by atoms with van der Waals surface area (Å²) in [6.45, 7) is 1.90. The molecule has 1 aromatic heterocycles. The quantitative estimate of drug-likeness (QED) is 0.751. The molecule has 0 bridgehead atoms. The van der Waals surface area contributed by atoms with Gasteiger partial charge in [-0.2, -0.15) is 0 Å². The van der Waals surface area contributed by atoms with Gasteiger partial charge in [-0.25, -0.2) is 4.98 Å². The Balaban J connectivity index is 2.19. The molecule has 1 heterocycles. The zero-order valence-corrected chi connectivity index (χ0v) is 13.3. The van der Waals surface area contributed by atoms with Crippen LogP contribution in [0.2, 0.25) is 0 Å². The molecule has 3 nitrogen and oxygen atoms in total. The summed E-state index contributed by atoms with van der Waals surface area (Å²) >= 11 is 5.55. The lowest BCUT2D eigenvalue weighted by molar-refractivity contribution is 0.102. The minimum atomic E-state index is -0.145. The van der Waals surface area contributed by atoms with Crippen molar-refractivity contribution in [2.45, 2.75) is 6.92 Å². The second-order valence-electron chi connectivity index (χ2n) is 3.78. The molecular weight excluding hydrogens is 407 g/mol. The van der Waals surface area contributed by atoms with E-state index in [1.165, 1.54) is 0 Å². The van der Waals surface area contributed by atoms with E-state index in [4.69, 9.17) is 0 Å². The van der Waals surface area contributed by atoms with Crippen LogP contribution in [-0.4, -0.2) is 10.9 Å². The molecular formula is C13H10BrIN2O. The van der Waals surface area contributed by atoms with Crippen molar-refractivity contribution in [3.8, 4) is 0 Å². The molecule has 2 rings (SSSR count). The van der Waals surface area contributed by atoms with Crippen LogP contribution in [0.4, 0.5) is 5.82 Å². The summed E-state index contributed by atoms with van der Waals surface area (Å²) in [6.07, 6.45) is 1.71. The van der Waals surface area contributed by atoms with E-state index in [0.717, 1.165) is 13.6 Å². The second-order valence-corrected chi connectivity index (χ2v) is 5.94. The Labute approximate surface area is 127 Å². The number of rotatable bonds is 2. The summed E-state index contributed by atoms with van der Waals surface area (Å²) in [4.78, 5) is 16.2. The van der Waals surface area contributed by atoms with Crippen molar-refractivity contribution >= 4 is 50.2 Å². The van der Waals surface area contributed by atoms with Crippen molar-refractivity contribution in [3.63, 3.8) is 0 Å². The van der Waals surface area contributed by atoms with Gasteiger partial charge in [0.15, 0.2) is 0 Å². The maximum Gasteiger partial charge on any atom is 0.257 e. The largest absolute Gasteiger partial charge is 0.307 e. The van der Waals surface area contributed by atoms with E-state index < -0.39 is 0 Å². The maximum absolute atomic E-state index is 12.1. The van der Waals surface area contributed by atoms with E-state index in [-0.39, 0.29) is 5.91 Å². The van der Waals surface area contributed by atoms with Crippen LogP contribution in [0.25, 0.3) is 0 Å². The molecule has 0 unspecified atom stereocenters. The Hall–Kier alpha value is -0.950. The van der Waals surface area contributed by atoms with E-state index >= 15 is 0 Å². The van der Waals surface area contributed by atoms with Gasteiger partial charge in [0.2, 0.25) is 0 Å². The fraction of sp³-hybridized carbons (Fsp3) is 0.0769. The predicted molar refractivity (Wildman–Crippen MR) is 83.8 cm³/mol. The molecule has 0 radical (unpaired) electrons. The Kier molecular flexibility index (Phi) is 4.34. The van der Waals surface area contributed by atoms with Crippen molar-refractivity contribution in [1.29, 1.82) is 0 Å². The molecule has 18 heavy (non-hydrogen) atoms. The number of pyridine rings is 1. The molecule has 5 heteroatoms. The molecule has 0 aliphatic rings. The fourth-order valence-corrected chi connectivity index (χ4v) is 2.31. The summed E-state index contributed by atoms with van der Waals surface area (Å²) in [5, 5.41) is 2.78. The Morgan fingerprint density at radius 1 is 1.33 bits per heavy atom. The van der Waals surface area contributed by atoms with Gasteiger partial charge in [-0.1, -0.05) is 15.9 Å². The summed E-state index contributed by atoms with van der Waals surface area (Å²) in [6, 6.07) is 9.24. The van der Waals surface area contributed by atoms with Crippen LogP contribution in [0, 0.1) is 10.5 Å². The van der Waals surface area contributed by atoms with Gasteiger partial charge in [0.05, 0.1) is 0 Å². The lowest BCUT2D eigenvalue weighted by atomic mass is 10.1.